The summed E-state index contributed by atoms with van der Waals surface area (Å²) >= 11 is 1.75. The van der Waals surface area contributed by atoms with Gasteiger partial charge in [0.15, 0.2) is 5.16 Å². The Labute approximate surface area is 83.7 Å². The predicted octanol–water partition coefficient (Wildman–Crippen LogP) is 2.55. The van der Waals surface area contributed by atoms with Gasteiger partial charge >= 0.3 is 0 Å². The topological polar surface area (TPSA) is 43.8 Å². The Balaban J connectivity index is 2.91. The van der Waals surface area contributed by atoms with Crippen molar-refractivity contribution in [3.8, 4) is 0 Å². The molecule has 1 aromatic rings. The number of nitrogens with two attached hydrogens (primary N) is 1. The molecule has 0 spiro atoms. The molecule has 0 unspecified atom stereocenters. The summed E-state index contributed by atoms with van der Waals surface area (Å²) in [6, 6.07) is 0.422. The number of nitrogens with zero attached hydrogens (tertiary/aromatic N) is 2. The number of nitrogen functional groups attached to an aromatic ring is 1. The van der Waals surface area contributed by atoms with Gasteiger partial charge in [-0.25, -0.2) is 4.98 Å². The van der Waals surface area contributed by atoms with E-state index in [4.69, 9.17) is 5.73 Å². The molecule has 0 radical (unpaired) electrons. The Hall–Kier alpha value is -0.640. The van der Waals surface area contributed by atoms with E-state index in [-0.39, 0.29) is 0 Å². The van der Waals surface area contributed by atoms with Gasteiger partial charge in [0.25, 0.3) is 0 Å². The Morgan fingerprint density at radius 1 is 1.38 bits per heavy atom. The first-order valence-electron chi connectivity index (χ1n) is 4.51. The van der Waals surface area contributed by atoms with Crippen LogP contribution < -0.4 is 5.73 Å². The van der Waals surface area contributed by atoms with Crippen LogP contribution in [0.4, 0.5) is 5.82 Å². The maximum absolute atomic E-state index is 5.65. The fourth-order valence-electron chi connectivity index (χ4n) is 1.06. The molecular weight excluding hydrogens is 182 g/mol. The van der Waals surface area contributed by atoms with E-state index in [1.54, 1.807) is 11.8 Å². The molecule has 0 amide bonds. The molecule has 0 bridgehead atoms. The van der Waals surface area contributed by atoms with Crippen LogP contribution in [-0.2, 0) is 0 Å². The number of anilines is 1. The largest absolute Gasteiger partial charge is 0.382 e. The quantitative estimate of drug-likeness (QED) is 0.761. The average molecular weight is 199 g/mol. The minimum atomic E-state index is 0.422. The molecule has 0 saturated heterocycles. The van der Waals surface area contributed by atoms with Gasteiger partial charge in [0, 0.05) is 17.5 Å². The van der Waals surface area contributed by atoms with E-state index in [0.717, 1.165) is 5.16 Å². The van der Waals surface area contributed by atoms with Crippen LogP contribution in [0.5, 0.6) is 0 Å². The number of thioether (sulfide) groups is 1. The maximum atomic E-state index is 5.65. The summed E-state index contributed by atoms with van der Waals surface area (Å²) in [4.78, 5) is 4.28. The Kier molecular flexibility index (Phi) is 3.25. The zero-order valence-electron chi connectivity index (χ0n) is 8.61. The van der Waals surface area contributed by atoms with Crippen molar-refractivity contribution in [2.75, 3.05) is 5.73 Å². The van der Waals surface area contributed by atoms with Crippen LogP contribution in [0.25, 0.3) is 0 Å². The van der Waals surface area contributed by atoms with Gasteiger partial charge in [-0.3, -0.25) is 0 Å². The van der Waals surface area contributed by atoms with E-state index < -0.39 is 0 Å². The molecule has 0 aliphatic rings. The summed E-state index contributed by atoms with van der Waals surface area (Å²) in [6.45, 7) is 8.57. The van der Waals surface area contributed by atoms with Crippen LogP contribution in [0, 0.1) is 0 Å². The number of rotatable bonds is 3. The van der Waals surface area contributed by atoms with E-state index in [2.05, 4.69) is 37.2 Å². The minimum Gasteiger partial charge on any atom is -0.382 e. The Morgan fingerprint density at radius 2 is 2.00 bits per heavy atom. The molecule has 4 heteroatoms. The molecule has 0 fully saturated rings. The number of aromatic nitrogens is 2. The first-order valence-corrected chi connectivity index (χ1v) is 5.39. The zero-order chi connectivity index (χ0) is 10.0. The van der Waals surface area contributed by atoms with E-state index in [1.807, 2.05) is 6.20 Å². The molecule has 1 aromatic heterocycles. The molecule has 1 rings (SSSR count). The Bertz CT molecular complexity index is 278. The van der Waals surface area contributed by atoms with Crippen molar-refractivity contribution < 1.29 is 0 Å². The zero-order valence-corrected chi connectivity index (χ0v) is 9.43. The van der Waals surface area contributed by atoms with Gasteiger partial charge < -0.3 is 10.3 Å². The monoisotopic (exact) mass is 199 g/mol. The van der Waals surface area contributed by atoms with Gasteiger partial charge in [-0.15, -0.1) is 0 Å². The molecular formula is C9H17N3S. The second-order valence-electron chi connectivity index (χ2n) is 3.62. The second kappa shape index (κ2) is 4.05. The third-order valence-electron chi connectivity index (χ3n) is 1.61. The van der Waals surface area contributed by atoms with Gasteiger partial charge in [0.1, 0.15) is 5.82 Å². The lowest BCUT2D eigenvalue weighted by atomic mass is 10.4. The number of imidazole rings is 1. The SMILES string of the molecule is CC(C)Sc1nc(N)cn1C(C)C. The molecule has 0 saturated carbocycles. The van der Waals surface area contributed by atoms with Crippen LogP contribution >= 0.6 is 11.8 Å². The highest BCUT2D eigenvalue weighted by Crippen LogP contribution is 2.25. The number of hydrogen-bond acceptors (Lipinski definition) is 3. The van der Waals surface area contributed by atoms with Gasteiger partial charge in [0.2, 0.25) is 0 Å². The standard InChI is InChI=1S/C9H17N3S/c1-6(2)12-5-8(10)11-9(12)13-7(3)4/h5-7H,10H2,1-4H3. The summed E-state index contributed by atoms with van der Waals surface area (Å²) in [5.41, 5.74) is 5.65. The molecule has 1 heterocycles. The van der Waals surface area contributed by atoms with Crippen molar-refractivity contribution in [3.05, 3.63) is 6.20 Å². The molecule has 3 nitrogen and oxygen atoms in total. The number of hydrogen-bond donors (Lipinski definition) is 1. The lowest BCUT2D eigenvalue weighted by Crippen LogP contribution is -2.02. The fourth-order valence-corrected chi connectivity index (χ4v) is 2.03. The third-order valence-corrected chi connectivity index (χ3v) is 2.60. The van der Waals surface area contributed by atoms with Crippen molar-refractivity contribution in [2.45, 2.75) is 44.1 Å². The van der Waals surface area contributed by atoms with Crippen molar-refractivity contribution in [2.24, 2.45) is 0 Å². The van der Waals surface area contributed by atoms with Crippen LogP contribution in [-0.4, -0.2) is 14.8 Å². The summed E-state index contributed by atoms with van der Waals surface area (Å²) in [5, 5.41) is 1.56. The fraction of sp³-hybridized carbons (Fsp3) is 0.667. The molecule has 0 aliphatic heterocycles. The van der Waals surface area contributed by atoms with Crippen LogP contribution in [0.15, 0.2) is 11.4 Å². The molecule has 13 heavy (non-hydrogen) atoms. The molecule has 0 aliphatic carbocycles. The van der Waals surface area contributed by atoms with Crippen LogP contribution in [0.1, 0.15) is 33.7 Å². The second-order valence-corrected chi connectivity index (χ2v) is 5.16. The Morgan fingerprint density at radius 3 is 2.46 bits per heavy atom. The third kappa shape index (κ3) is 2.66. The predicted molar refractivity (Wildman–Crippen MR) is 58.0 cm³/mol. The van der Waals surface area contributed by atoms with E-state index in [9.17, 15) is 0 Å². The van der Waals surface area contributed by atoms with Crippen molar-refractivity contribution in [1.29, 1.82) is 0 Å². The molecule has 0 atom stereocenters. The van der Waals surface area contributed by atoms with Crippen LogP contribution in [0.3, 0.4) is 0 Å². The molecule has 0 aromatic carbocycles. The van der Waals surface area contributed by atoms with E-state index >= 15 is 0 Å². The highest BCUT2D eigenvalue weighted by Gasteiger charge is 2.10. The van der Waals surface area contributed by atoms with Crippen molar-refractivity contribution in [3.63, 3.8) is 0 Å². The first-order chi connectivity index (χ1) is 6.00. The van der Waals surface area contributed by atoms with Gasteiger partial charge in [-0.1, -0.05) is 25.6 Å². The van der Waals surface area contributed by atoms with Crippen molar-refractivity contribution >= 4 is 17.6 Å². The normalized spacial score (nSPS) is 11.5. The summed E-state index contributed by atoms with van der Waals surface area (Å²) in [5.74, 6) is 0.608. The lowest BCUT2D eigenvalue weighted by molar-refractivity contribution is 0.549. The molecule has 74 valence electrons. The van der Waals surface area contributed by atoms with E-state index in [1.165, 1.54) is 0 Å². The highest BCUT2D eigenvalue weighted by atomic mass is 32.2. The molecule has 2 N–H and O–H groups in total. The lowest BCUT2D eigenvalue weighted by Gasteiger charge is -2.11. The van der Waals surface area contributed by atoms with Gasteiger partial charge in [0.05, 0.1) is 0 Å². The summed E-state index contributed by atoms with van der Waals surface area (Å²) in [6.07, 6.45) is 1.90. The minimum absolute atomic E-state index is 0.422. The van der Waals surface area contributed by atoms with Gasteiger partial charge in [-0.05, 0) is 13.8 Å². The van der Waals surface area contributed by atoms with Crippen molar-refractivity contribution in [1.82, 2.24) is 9.55 Å². The smallest absolute Gasteiger partial charge is 0.170 e. The van der Waals surface area contributed by atoms with Crippen LogP contribution in [0.2, 0.25) is 0 Å². The average Bonchev–Trinajstić information content (AvgIpc) is 2.29. The van der Waals surface area contributed by atoms with Gasteiger partial charge in [-0.2, -0.15) is 0 Å². The first kappa shape index (κ1) is 10.4. The maximum Gasteiger partial charge on any atom is 0.170 e. The summed E-state index contributed by atoms with van der Waals surface area (Å²) in [7, 11) is 0. The van der Waals surface area contributed by atoms with E-state index in [0.29, 0.717) is 17.1 Å². The highest BCUT2D eigenvalue weighted by molar-refractivity contribution is 7.99. The summed E-state index contributed by atoms with van der Waals surface area (Å²) < 4.78 is 2.11.